The number of ether oxygens (including phenoxy) is 7. The first-order valence-corrected chi connectivity index (χ1v) is 15.3. The van der Waals surface area contributed by atoms with Gasteiger partial charge in [-0.1, -0.05) is 30.3 Å². The van der Waals surface area contributed by atoms with E-state index < -0.39 is 61.8 Å². The summed E-state index contributed by atoms with van der Waals surface area (Å²) in [7, 11) is 1.59. The number of methoxy groups -OCH3 is 1. The highest BCUT2D eigenvalue weighted by Gasteiger charge is 2.49. The van der Waals surface area contributed by atoms with Gasteiger partial charge < -0.3 is 53.6 Å². The lowest BCUT2D eigenvalue weighted by Crippen LogP contribution is -2.60. The van der Waals surface area contributed by atoms with Crippen molar-refractivity contribution in [2.45, 2.75) is 68.1 Å². The van der Waals surface area contributed by atoms with Crippen LogP contribution in [0.25, 0.3) is 0 Å². The topological polar surface area (TPSA) is 180 Å². The van der Waals surface area contributed by atoms with Crippen LogP contribution in [0, 0.1) is 0 Å². The number of aliphatic hydroxyl groups excluding tert-OH is 3. The van der Waals surface area contributed by atoms with E-state index in [9.17, 15) is 24.9 Å². The Balaban J connectivity index is 1.17. The molecule has 0 amide bonds. The van der Waals surface area contributed by atoms with Crippen molar-refractivity contribution in [2.75, 3.05) is 20.3 Å². The quantitative estimate of drug-likeness (QED) is 0.216. The van der Waals surface area contributed by atoms with Gasteiger partial charge in [-0.15, -0.1) is 0 Å². The molecule has 6 bridgehead atoms. The molecule has 4 N–H and O–H groups in total. The molecule has 7 heterocycles. The van der Waals surface area contributed by atoms with Gasteiger partial charge in [0.2, 0.25) is 12.0 Å². The van der Waals surface area contributed by atoms with Gasteiger partial charge in [-0.3, -0.25) is 9.59 Å². The largest absolute Gasteiger partial charge is 0.490 e. The molecule has 8 atom stereocenters. The van der Waals surface area contributed by atoms with E-state index in [4.69, 9.17) is 38.3 Å². The molecule has 0 saturated carbocycles. The molecule has 248 valence electrons. The van der Waals surface area contributed by atoms with Gasteiger partial charge in [-0.2, -0.15) is 0 Å². The number of carboxylic acids is 1. The lowest BCUT2D eigenvalue weighted by molar-refractivity contribution is -0.278. The summed E-state index contributed by atoms with van der Waals surface area (Å²) in [5.41, 5.74) is 3.95. The average molecular weight is 651 g/mol. The highest BCUT2D eigenvalue weighted by Crippen LogP contribution is 2.58. The zero-order chi connectivity index (χ0) is 32.8. The number of fused-ring (bicyclic) bond motifs is 2. The van der Waals surface area contributed by atoms with Crippen molar-refractivity contribution in [3.63, 3.8) is 0 Å². The first kappa shape index (κ1) is 31.1. The number of carbonyl (C=O) groups is 2. The fraction of sp³-hybridized carbons (Fsp3) is 0.412. The number of rotatable bonds is 7. The molecule has 7 aliphatic rings. The van der Waals surface area contributed by atoms with Gasteiger partial charge in [-0.05, 0) is 29.3 Å². The molecule has 10 rings (SSSR count). The van der Waals surface area contributed by atoms with Crippen molar-refractivity contribution < 1.29 is 63.2 Å². The van der Waals surface area contributed by atoms with Gasteiger partial charge in [0.1, 0.15) is 61.2 Å². The van der Waals surface area contributed by atoms with Crippen LogP contribution in [0.4, 0.5) is 0 Å². The van der Waals surface area contributed by atoms with E-state index in [2.05, 4.69) is 24.3 Å². The molecular weight excluding hydrogens is 616 g/mol. The number of hydrogen-bond donors (Lipinski definition) is 4. The fourth-order valence-electron chi connectivity index (χ4n) is 6.58. The van der Waals surface area contributed by atoms with E-state index in [-0.39, 0.29) is 17.8 Å². The average Bonchev–Trinajstić information content (AvgIpc) is 3.45. The standard InChI is InChI=1S/C34H34O13/c1-41-33-21-9-8-20-27-23(12-17-4-2-16(3-5-17)10-11-42-21)45-22-13-18(6-7-19(22)31(27)47-32(20)33)44-34-30(40)29(39)28(38)24(46-34)15-43-26(37)14-25(35)36/h2-9,13,23-24,27-31,34,38-40H,10-12,14-15H2,1H3,(H,35,36)/t23-,24+,27+,28+,29-,30+,31+,34-/m0/s1. The lowest BCUT2D eigenvalue weighted by atomic mass is 9.81. The van der Waals surface area contributed by atoms with Crippen LogP contribution in [0.2, 0.25) is 0 Å². The van der Waals surface area contributed by atoms with E-state index in [0.29, 0.717) is 36.0 Å². The maximum Gasteiger partial charge on any atom is 0.317 e. The van der Waals surface area contributed by atoms with Crippen LogP contribution >= 0.6 is 0 Å². The van der Waals surface area contributed by atoms with Gasteiger partial charge in [-0.25, -0.2) is 0 Å². The highest BCUT2D eigenvalue weighted by molar-refractivity contribution is 5.90. The molecule has 0 radical (unpaired) electrons. The van der Waals surface area contributed by atoms with Crippen molar-refractivity contribution in [1.29, 1.82) is 0 Å². The summed E-state index contributed by atoms with van der Waals surface area (Å²) < 4.78 is 41.7. The summed E-state index contributed by atoms with van der Waals surface area (Å²) in [5, 5.41) is 40.3. The van der Waals surface area contributed by atoms with Gasteiger partial charge in [0, 0.05) is 30.0 Å². The second-order valence-electron chi connectivity index (χ2n) is 11.9. The van der Waals surface area contributed by atoms with Crippen LogP contribution < -0.4 is 23.7 Å². The summed E-state index contributed by atoms with van der Waals surface area (Å²) in [5.74, 6) is -0.158. The van der Waals surface area contributed by atoms with E-state index >= 15 is 0 Å². The normalized spacial score (nSPS) is 28.6. The molecule has 13 nitrogen and oxygen atoms in total. The first-order valence-electron chi connectivity index (χ1n) is 15.3. The van der Waals surface area contributed by atoms with Gasteiger partial charge >= 0.3 is 11.9 Å². The molecule has 13 heteroatoms. The summed E-state index contributed by atoms with van der Waals surface area (Å²) in [6, 6.07) is 17.3. The Bertz CT molecular complexity index is 1660. The van der Waals surface area contributed by atoms with Crippen molar-refractivity contribution in [1.82, 2.24) is 0 Å². The summed E-state index contributed by atoms with van der Waals surface area (Å²) in [6.07, 6.45) is -8.08. The Hall–Kier alpha value is -4.56. The maximum absolute atomic E-state index is 11.7. The van der Waals surface area contributed by atoms with Gasteiger partial charge in [0.25, 0.3) is 0 Å². The number of carboxylic acid groups (broad SMARTS) is 1. The number of esters is 1. The Morgan fingerprint density at radius 3 is 2.43 bits per heavy atom. The number of aliphatic carboxylic acids is 1. The number of hydrogen-bond acceptors (Lipinski definition) is 12. The Labute approximate surface area is 269 Å². The van der Waals surface area contributed by atoms with E-state index in [1.54, 1.807) is 25.3 Å². The summed E-state index contributed by atoms with van der Waals surface area (Å²) in [4.78, 5) is 22.5. The number of benzene rings is 3. The fourth-order valence-corrected chi connectivity index (χ4v) is 6.58. The number of carbonyl (C=O) groups excluding carboxylic acids is 1. The monoisotopic (exact) mass is 650 g/mol. The Kier molecular flexibility index (Phi) is 8.30. The molecular formula is C34H34O13. The first-order chi connectivity index (χ1) is 22.7. The predicted molar refractivity (Wildman–Crippen MR) is 160 cm³/mol. The minimum atomic E-state index is -1.70. The van der Waals surface area contributed by atoms with E-state index in [0.717, 1.165) is 28.7 Å². The second kappa shape index (κ2) is 12.6. The third-order valence-electron chi connectivity index (χ3n) is 8.94. The van der Waals surface area contributed by atoms with Gasteiger partial charge in [0.15, 0.2) is 11.5 Å². The molecule has 0 spiro atoms. The third kappa shape index (κ3) is 5.91. The molecule has 1 fully saturated rings. The van der Waals surface area contributed by atoms with Crippen LogP contribution in [-0.4, -0.2) is 89.5 Å². The SMILES string of the molecule is COc1c2ccc3c1O[C@@H]1c4ccc(O[C@H]5O[C@H](COC(=O)CC(=O)O)[C@@H](O)[C@H](O)[C@H]5O)cc4O[C@@H](Cc4ccc(cc4)CCO2)[C@@H]31. The van der Waals surface area contributed by atoms with Crippen molar-refractivity contribution in [3.8, 4) is 28.7 Å². The molecule has 1 saturated heterocycles. The van der Waals surface area contributed by atoms with E-state index in [1.807, 2.05) is 12.1 Å². The molecule has 0 unspecified atom stereocenters. The zero-order valence-electron chi connectivity index (χ0n) is 25.3. The van der Waals surface area contributed by atoms with Crippen LogP contribution in [0.15, 0.2) is 54.6 Å². The third-order valence-corrected chi connectivity index (χ3v) is 8.94. The van der Waals surface area contributed by atoms with Crippen molar-refractivity contribution in [3.05, 3.63) is 76.9 Å². The lowest BCUT2D eigenvalue weighted by Gasteiger charge is -2.40. The highest BCUT2D eigenvalue weighted by atomic mass is 16.7. The summed E-state index contributed by atoms with van der Waals surface area (Å²) >= 11 is 0. The van der Waals surface area contributed by atoms with Crippen molar-refractivity contribution >= 4 is 11.9 Å². The van der Waals surface area contributed by atoms with Gasteiger partial charge in [0.05, 0.1) is 19.6 Å². The second-order valence-corrected chi connectivity index (χ2v) is 11.9. The van der Waals surface area contributed by atoms with Crippen LogP contribution in [0.5, 0.6) is 28.7 Å². The smallest absolute Gasteiger partial charge is 0.317 e. The molecule has 0 aliphatic carbocycles. The molecule has 0 aromatic heterocycles. The van der Waals surface area contributed by atoms with Crippen molar-refractivity contribution in [2.24, 2.45) is 0 Å². The molecule has 47 heavy (non-hydrogen) atoms. The predicted octanol–water partition coefficient (Wildman–Crippen LogP) is 2.06. The van der Waals surface area contributed by atoms with Crippen LogP contribution in [0.3, 0.4) is 0 Å². The Morgan fingerprint density at radius 1 is 0.894 bits per heavy atom. The zero-order valence-corrected chi connectivity index (χ0v) is 25.3. The van der Waals surface area contributed by atoms with E-state index in [1.165, 1.54) is 0 Å². The minimum Gasteiger partial charge on any atom is -0.490 e. The maximum atomic E-state index is 11.7. The number of aliphatic hydroxyl groups is 3. The van der Waals surface area contributed by atoms with Crippen LogP contribution in [0.1, 0.15) is 40.7 Å². The molecule has 3 aromatic carbocycles. The van der Waals surface area contributed by atoms with Crippen LogP contribution in [-0.2, 0) is 31.9 Å². The summed E-state index contributed by atoms with van der Waals surface area (Å²) in [6.45, 7) is -0.0885. The minimum absolute atomic E-state index is 0.167. The molecule has 7 aliphatic heterocycles. The Morgan fingerprint density at radius 2 is 1.66 bits per heavy atom. The molecule has 3 aromatic rings.